The van der Waals surface area contributed by atoms with Crippen LogP contribution in [0.5, 0.6) is 0 Å². The molecule has 0 bridgehead atoms. The predicted molar refractivity (Wildman–Crippen MR) is 208 cm³/mol. The van der Waals surface area contributed by atoms with Crippen LogP contribution in [0.2, 0.25) is 0 Å². The maximum Gasteiger partial charge on any atom is 0.408 e. The number of fused-ring (bicyclic) bond motifs is 2. The van der Waals surface area contributed by atoms with Crippen LogP contribution in [0, 0.1) is 0 Å². The first-order chi connectivity index (χ1) is 27.3. The van der Waals surface area contributed by atoms with E-state index in [4.69, 9.17) is 4.74 Å². The first-order valence-electron chi connectivity index (χ1n) is 18.0. The summed E-state index contributed by atoms with van der Waals surface area (Å²) >= 11 is 0. The van der Waals surface area contributed by atoms with Crippen LogP contribution >= 0.6 is 0 Å². The van der Waals surface area contributed by atoms with Gasteiger partial charge in [-0.1, -0.05) is 72.8 Å². The summed E-state index contributed by atoms with van der Waals surface area (Å²) in [5.41, 5.74) is 4.81. The molecule has 0 aliphatic carbocycles. The number of aromatic amines is 2. The monoisotopic (exact) mass is 753 g/mol. The third-order valence-electron chi connectivity index (χ3n) is 9.32. The van der Waals surface area contributed by atoms with Gasteiger partial charge in [-0.3, -0.25) is 24.7 Å². The number of carbonyl (C=O) groups is 5. The molecule has 4 heterocycles. The van der Waals surface area contributed by atoms with Gasteiger partial charge in [-0.15, -0.1) is 0 Å². The number of hydrogen-bond donors (Lipinski definition) is 6. The summed E-state index contributed by atoms with van der Waals surface area (Å²) in [7, 11) is 0. The van der Waals surface area contributed by atoms with E-state index in [0.717, 1.165) is 43.5 Å². The van der Waals surface area contributed by atoms with Gasteiger partial charge in [0.05, 0.1) is 6.04 Å². The van der Waals surface area contributed by atoms with Gasteiger partial charge in [-0.2, -0.15) is 5.10 Å². The Bertz CT molecular complexity index is 2380. The van der Waals surface area contributed by atoms with Gasteiger partial charge in [0.25, 0.3) is 0 Å². The summed E-state index contributed by atoms with van der Waals surface area (Å²) in [5, 5.41) is 17.7. The average molecular weight is 754 g/mol. The van der Waals surface area contributed by atoms with Crippen molar-refractivity contribution < 1.29 is 28.7 Å². The molecule has 7 rings (SSSR count). The second kappa shape index (κ2) is 17.2. The Morgan fingerprint density at radius 3 is 1.98 bits per heavy atom. The van der Waals surface area contributed by atoms with E-state index < -0.39 is 48.0 Å². The molecule has 0 spiro atoms. The van der Waals surface area contributed by atoms with Crippen molar-refractivity contribution in [3.8, 4) is 0 Å². The van der Waals surface area contributed by atoms with Crippen molar-refractivity contribution in [3.05, 3.63) is 138 Å². The highest BCUT2D eigenvalue weighted by atomic mass is 16.5. The molecule has 0 unspecified atom stereocenters. The summed E-state index contributed by atoms with van der Waals surface area (Å²) in [6.45, 7) is -0.319. The van der Waals surface area contributed by atoms with Gasteiger partial charge < -0.3 is 30.7 Å². The lowest BCUT2D eigenvalue weighted by Gasteiger charge is -2.25. The third-order valence-corrected chi connectivity index (χ3v) is 9.32. The molecule has 1 saturated heterocycles. The van der Waals surface area contributed by atoms with E-state index in [2.05, 4.69) is 41.3 Å². The minimum absolute atomic E-state index is 0.0652. The molecule has 3 atom stereocenters. The molecule has 56 heavy (non-hydrogen) atoms. The molecular formula is C41H39N9O6. The van der Waals surface area contributed by atoms with E-state index in [-0.39, 0.29) is 26.0 Å². The highest BCUT2D eigenvalue weighted by molar-refractivity contribution is 6.02. The van der Waals surface area contributed by atoms with Crippen molar-refractivity contribution >= 4 is 57.9 Å². The molecule has 0 saturated carbocycles. The minimum atomic E-state index is -1.15. The van der Waals surface area contributed by atoms with Gasteiger partial charge in [0.15, 0.2) is 0 Å². The Balaban J connectivity index is 1.16. The Kier molecular flexibility index (Phi) is 11.4. The molecule has 6 N–H and O–H groups in total. The zero-order valence-corrected chi connectivity index (χ0v) is 30.1. The van der Waals surface area contributed by atoms with Crippen LogP contribution in [0.15, 0.2) is 121 Å². The number of hydrogen-bond acceptors (Lipinski definition) is 8. The molecule has 1 aliphatic heterocycles. The number of nitrogens with zero attached hydrogens (tertiary/aromatic N) is 3. The van der Waals surface area contributed by atoms with Gasteiger partial charge in [0.2, 0.25) is 17.7 Å². The zero-order valence-electron chi connectivity index (χ0n) is 30.1. The van der Waals surface area contributed by atoms with Crippen LogP contribution in [0.4, 0.5) is 9.59 Å². The summed E-state index contributed by atoms with van der Waals surface area (Å²) in [5.74, 6) is -1.65. The molecular weight excluding hydrogens is 715 g/mol. The fourth-order valence-corrected chi connectivity index (χ4v) is 6.53. The molecule has 15 heteroatoms. The smallest absolute Gasteiger partial charge is 0.408 e. The van der Waals surface area contributed by atoms with Crippen LogP contribution in [0.3, 0.4) is 0 Å². The van der Waals surface area contributed by atoms with E-state index in [0.29, 0.717) is 12.0 Å². The normalized spacial score (nSPS) is 14.4. The fourth-order valence-electron chi connectivity index (χ4n) is 6.53. The van der Waals surface area contributed by atoms with Crippen LogP contribution < -0.4 is 21.3 Å². The number of urea groups is 1. The molecule has 1 fully saturated rings. The highest BCUT2D eigenvalue weighted by Crippen LogP contribution is 2.21. The number of hydrazone groups is 1. The number of imide groups is 1. The second-order valence-corrected chi connectivity index (χ2v) is 13.3. The number of pyridine rings is 1. The van der Waals surface area contributed by atoms with E-state index in [1.165, 1.54) is 6.21 Å². The SMILES string of the molecule is O=C1CN(/N=C/[C@H](Cc2ccccc2)NC(=O)[C@H](Cc2c[nH]c3ccccc23)NC(=O)[C@H](Cc2c[nH]c3ccccc23)NC(=O)OCc2cccnc2)C(=O)N1. The van der Waals surface area contributed by atoms with Crippen LogP contribution in [-0.4, -0.2) is 80.7 Å². The van der Waals surface area contributed by atoms with Crippen molar-refractivity contribution in [3.63, 3.8) is 0 Å². The first-order valence-corrected chi connectivity index (χ1v) is 18.0. The zero-order chi connectivity index (χ0) is 38.9. The number of H-pyrrole nitrogens is 2. The quantitative estimate of drug-likeness (QED) is 0.0675. The molecule has 6 amide bonds. The molecule has 0 radical (unpaired) electrons. The number of amides is 6. The molecule has 1 aliphatic rings. The van der Waals surface area contributed by atoms with Crippen molar-refractivity contribution in [1.29, 1.82) is 0 Å². The Labute approximate surface area is 320 Å². The highest BCUT2D eigenvalue weighted by Gasteiger charge is 2.31. The van der Waals surface area contributed by atoms with Gasteiger partial charge in [0.1, 0.15) is 25.2 Å². The first kappa shape index (κ1) is 37.0. The number of nitrogens with one attached hydrogen (secondary N) is 6. The average Bonchev–Trinajstić information content (AvgIpc) is 3.92. The standard InChI is InChI=1S/C41H39N9O6/c51-37-24-50(40(54)49-37)45-23-30(17-26-9-2-1-3-10-26)46-38(52)35(18-28-21-43-33-14-6-4-12-31(28)33)47-39(53)36(19-29-22-44-34-15-7-5-13-32(29)34)48-41(55)56-25-27-11-8-16-42-20-27/h1-16,20-23,30,35-36,43-44H,17-19,24-25H2,(H,46,52)(H,47,53)(H,48,55)(H,49,51,54)/b45-23+/t30-,35-,36-/m0/s1. The molecule has 6 aromatic rings. The molecule has 3 aromatic heterocycles. The van der Waals surface area contributed by atoms with Gasteiger partial charge in [-0.05, 0) is 41.3 Å². The number of benzene rings is 3. The van der Waals surface area contributed by atoms with Crippen LogP contribution in [0.1, 0.15) is 22.3 Å². The molecule has 284 valence electrons. The Morgan fingerprint density at radius 2 is 1.36 bits per heavy atom. The van der Waals surface area contributed by atoms with E-state index >= 15 is 0 Å². The summed E-state index contributed by atoms with van der Waals surface area (Å²) in [4.78, 5) is 76.5. The molecule has 3 aromatic carbocycles. The van der Waals surface area contributed by atoms with E-state index in [1.54, 1.807) is 36.9 Å². The summed E-state index contributed by atoms with van der Waals surface area (Å²) in [6.07, 6.45) is 7.80. The number of ether oxygens (including phenoxy) is 1. The molecule has 15 nitrogen and oxygen atoms in total. The Hall–Kier alpha value is -7.29. The number of carbonyl (C=O) groups excluding carboxylic acids is 5. The minimum Gasteiger partial charge on any atom is -0.445 e. The lowest BCUT2D eigenvalue weighted by molar-refractivity contribution is -0.130. The Morgan fingerprint density at radius 1 is 0.750 bits per heavy atom. The van der Waals surface area contributed by atoms with Gasteiger partial charge >= 0.3 is 12.1 Å². The van der Waals surface area contributed by atoms with E-state index in [1.807, 2.05) is 78.9 Å². The lowest BCUT2D eigenvalue weighted by atomic mass is 10.0. The van der Waals surface area contributed by atoms with E-state index in [9.17, 15) is 24.0 Å². The van der Waals surface area contributed by atoms with Crippen LogP contribution in [0.25, 0.3) is 21.8 Å². The van der Waals surface area contributed by atoms with Crippen molar-refractivity contribution in [2.45, 2.75) is 44.0 Å². The third kappa shape index (κ3) is 9.25. The summed E-state index contributed by atoms with van der Waals surface area (Å²) in [6, 6.07) is 24.4. The van der Waals surface area contributed by atoms with Crippen molar-refractivity contribution in [2.24, 2.45) is 5.10 Å². The fraction of sp³-hybridized carbons (Fsp3) is 0.195. The van der Waals surface area contributed by atoms with Crippen molar-refractivity contribution in [1.82, 2.24) is 41.2 Å². The predicted octanol–water partition coefficient (Wildman–Crippen LogP) is 3.87. The van der Waals surface area contributed by atoms with Crippen LogP contribution in [-0.2, 0) is 45.0 Å². The lowest BCUT2D eigenvalue weighted by Crippen LogP contribution is -2.56. The van der Waals surface area contributed by atoms with Gasteiger partial charge in [-0.25, -0.2) is 14.6 Å². The topological polar surface area (TPSA) is 203 Å². The number of alkyl carbamates (subject to hydrolysis) is 1. The summed E-state index contributed by atoms with van der Waals surface area (Å²) < 4.78 is 5.46. The maximum absolute atomic E-state index is 14.4. The van der Waals surface area contributed by atoms with Crippen molar-refractivity contribution in [2.75, 3.05) is 6.54 Å². The second-order valence-electron chi connectivity index (χ2n) is 13.3. The number of rotatable bonds is 15. The number of aromatic nitrogens is 3. The number of para-hydroxylation sites is 2. The van der Waals surface area contributed by atoms with Gasteiger partial charge in [0, 0.05) is 71.2 Å². The maximum atomic E-state index is 14.4. The largest absolute Gasteiger partial charge is 0.445 e.